The SMILES string of the molecule is COc1ccc2cc([C@H](C)C(=O)O[C@@H](C)C(=O)Nc3ccccc3OC)ccc2c1. The molecular formula is C24H25NO5. The zero-order valence-electron chi connectivity index (χ0n) is 17.5. The minimum Gasteiger partial charge on any atom is -0.497 e. The maximum Gasteiger partial charge on any atom is 0.313 e. The number of carbonyl (C=O) groups is 2. The molecule has 3 aromatic rings. The van der Waals surface area contributed by atoms with Gasteiger partial charge in [-0.3, -0.25) is 9.59 Å². The number of hydrogen-bond acceptors (Lipinski definition) is 5. The molecule has 0 aliphatic heterocycles. The predicted molar refractivity (Wildman–Crippen MR) is 116 cm³/mol. The summed E-state index contributed by atoms with van der Waals surface area (Å²) in [6.07, 6.45) is -0.949. The van der Waals surface area contributed by atoms with Crippen molar-refractivity contribution in [1.29, 1.82) is 0 Å². The van der Waals surface area contributed by atoms with E-state index in [2.05, 4.69) is 5.32 Å². The maximum atomic E-state index is 12.6. The summed E-state index contributed by atoms with van der Waals surface area (Å²) in [6, 6.07) is 18.6. The highest BCUT2D eigenvalue weighted by Gasteiger charge is 2.24. The third-order valence-corrected chi connectivity index (χ3v) is 4.95. The quantitative estimate of drug-likeness (QED) is 0.583. The third kappa shape index (κ3) is 4.71. The highest BCUT2D eigenvalue weighted by molar-refractivity contribution is 5.96. The minimum absolute atomic E-state index is 0.425. The van der Waals surface area contributed by atoms with E-state index in [4.69, 9.17) is 14.2 Å². The van der Waals surface area contributed by atoms with Crippen LogP contribution in [0.15, 0.2) is 60.7 Å². The first-order valence-electron chi connectivity index (χ1n) is 9.65. The van der Waals surface area contributed by atoms with Crippen LogP contribution in [0.3, 0.4) is 0 Å². The summed E-state index contributed by atoms with van der Waals surface area (Å²) in [5.74, 6) is -0.0997. The van der Waals surface area contributed by atoms with Gasteiger partial charge >= 0.3 is 5.97 Å². The average molecular weight is 407 g/mol. The number of methoxy groups -OCH3 is 2. The first-order valence-corrected chi connectivity index (χ1v) is 9.65. The Morgan fingerprint density at radius 1 is 0.867 bits per heavy atom. The molecule has 0 aliphatic carbocycles. The lowest BCUT2D eigenvalue weighted by Gasteiger charge is -2.18. The van der Waals surface area contributed by atoms with Crippen molar-refractivity contribution in [2.75, 3.05) is 19.5 Å². The van der Waals surface area contributed by atoms with Crippen LogP contribution in [0.25, 0.3) is 10.8 Å². The van der Waals surface area contributed by atoms with E-state index >= 15 is 0 Å². The fourth-order valence-corrected chi connectivity index (χ4v) is 3.09. The van der Waals surface area contributed by atoms with Gasteiger partial charge in [0.25, 0.3) is 5.91 Å². The van der Waals surface area contributed by atoms with Gasteiger partial charge in [-0.05, 0) is 54.4 Å². The van der Waals surface area contributed by atoms with Gasteiger partial charge in [0.05, 0.1) is 25.8 Å². The van der Waals surface area contributed by atoms with Crippen LogP contribution < -0.4 is 14.8 Å². The van der Waals surface area contributed by atoms with E-state index < -0.39 is 23.9 Å². The van der Waals surface area contributed by atoms with Crippen LogP contribution in [-0.2, 0) is 14.3 Å². The van der Waals surface area contributed by atoms with Gasteiger partial charge in [-0.2, -0.15) is 0 Å². The Balaban J connectivity index is 1.67. The molecule has 0 heterocycles. The first kappa shape index (κ1) is 21.2. The number of hydrogen-bond donors (Lipinski definition) is 1. The first-order chi connectivity index (χ1) is 14.4. The van der Waals surface area contributed by atoms with E-state index in [9.17, 15) is 9.59 Å². The molecule has 0 fully saturated rings. The Bertz CT molecular complexity index is 1060. The topological polar surface area (TPSA) is 73.9 Å². The molecule has 156 valence electrons. The summed E-state index contributed by atoms with van der Waals surface area (Å²) in [7, 11) is 3.15. The molecule has 0 unspecified atom stereocenters. The molecular weight excluding hydrogens is 382 g/mol. The van der Waals surface area contributed by atoms with E-state index in [0.717, 1.165) is 22.1 Å². The number of amides is 1. The van der Waals surface area contributed by atoms with Gasteiger partial charge in [0, 0.05) is 0 Å². The van der Waals surface area contributed by atoms with Crippen molar-refractivity contribution in [2.45, 2.75) is 25.9 Å². The lowest BCUT2D eigenvalue weighted by Crippen LogP contribution is -2.31. The molecule has 3 rings (SSSR count). The van der Waals surface area contributed by atoms with Crippen molar-refractivity contribution in [3.8, 4) is 11.5 Å². The number of anilines is 1. The summed E-state index contributed by atoms with van der Waals surface area (Å²) in [5, 5.41) is 4.74. The van der Waals surface area contributed by atoms with Crippen molar-refractivity contribution in [1.82, 2.24) is 0 Å². The zero-order valence-corrected chi connectivity index (χ0v) is 17.5. The van der Waals surface area contributed by atoms with Gasteiger partial charge < -0.3 is 19.5 Å². The second-order valence-corrected chi connectivity index (χ2v) is 6.96. The molecule has 6 heteroatoms. The van der Waals surface area contributed by atoms with E-state index in [1.165, 1.54) is 7.11 Å². The lowest BCUT2D eigenvalue weighted by molar-refractivity contribution is -0.154. The Hall–Kier alpha value is -3.54. The summed E-state index contributed by atoms with van der Waals surface area (Å²) >= 11 is 0. The van der Waals surface area contributed by atoms with E-state index in [0.29, 0.717) is 11.4 Å². The number of benzene rings is 3. The number of nitrogens with one attached hydrogen (secondary N) is 1. The Morgan fingerprint density at radius 2 is 1.57 bits per heavy atom. The third-order valence-electron chi connectivity index (χ3n) is 4.95. The monoisotopic (exact) mass is 407 g/mol. The molecule has 3 aromatic carbocycles. The van der Waals surface area contributed by atoms with Crippen LogP contribution in [0.4, 0.5) is 5.69 Å². The van der Waals surface area contributed by atoms with Crippen LogP contribution in [-0.4, -0.2) is 32.2 Å². The number of para-hydroxylation sites is 2. The Labute approximate surface area is 175 Å². The lowest BCUT2D eigenvalue weighted by atomic mass is 9.98. The van der Waals surface area contributed by atoms with Crippen molar-refractivity contribution < 1.29 is 23.8 Å². The smallest absolute Gasteiger partial charge is 0.313 e. The van der Waals surface area contributed by atoms with Gasteiger partial charge in [-0.25, -0.2) is 0 Å². The van der Waals surface area contributed by atoms with Crippen LogP contribution >= 0.6 is 0 Å². The molecule has 0 saturated heterocycles. The van der Waals surface area contributed by atoms with Crippen molar-refractivity contribution in [2.24, 2.45) is 0 Å². The highest BCUT2D eigenvalue weighted by atomic mass is 16.5. The summed E-state index contributed by atoms with van der Waals surface area (Å²) in [5.41, 5.74) is 1.33. The summed E-state index contributed by atoms with van der Waals surface area (Å²) < 4.78 is 15.9. The minimum atomic E-state index is -0.949. The number of rotatable bonds is 7. The zero-order chi connectivity index (χ0) is 21.7. The van der Waals surface area contributed by atoms with Crippen LogP contribution in [0, 0.1) is 0 Å². The molecule has 0 spiro atoms. The van der Waals surface area contributed by atoms with Gasteiger partial charge in [0.15, 0.2) is 6.10 Å². The average Bonchev–Trinajstić information content (AvgIpc) is 2.77. The normalized spacial score (nSPS) is 12.7. The molecule has 0 bridgehead atoms. The molecule has 2 atom stereocenters. The second kappa shape index (κ2) is 9.31. The number of carbonyl (C=O) groups excluding carboxylic acids is 2. The fraction of sp³-hybridized carbons (Fsp3) is 0.250. The molecule has 1 amide bonds. The fourth-order valence-electron chi connectivity index (χ4n) is 3.09. The highest BCUT2D eigenvalue weighted by Crippen LogP contribution is 2.26. The van der Waals surface area contributed by atoms with Crippen LogP contribution in [0.5, 0.6) is 11.5 Å². The van der Waals surface area contributed by atoms with Gasteiger partial charge in [-0.15, -0.1) is 0 Å². The van der Waals surface area contributed by atoms with E-state index in [-0.39, 0.29) is 0 Å². The molecule has 30 heavy (non-hydrogen) atoms. The molecule has 0 saturated carbocycles. The second-order valence-electron chi connectivity index (χ2n) is 6.96. The Kier molecular flexibility index (Phi) is 6.57. The standard InChI is InChI=1S/C24H25NO5/c1-15(17-9-10-19-14-20(28-3)12-11-18(19)13-17)24(27)30-16(2)23(26)25-21-7-5-6-8-22(21)29-4/h5-16H,1-4H3,(H,25,26)/t15-,16-/m0/s1. The van der Waals surface area contributed by atoms with E-state index in [1.807, 2.05) is 36.4 Å². The summed E-state index contributed by atoms with van der Waals surface area (Å²) in [6.45, 7) is 3.31. The molecule has 0 aliphatic rings. The maximum absolute atomic E-state index is 12.6. The van der Waals surface area contributed by atoms with Crippen LogP contribution in [0.1, 0.15) is 25.3 Å². The number of esters is 1. The van der Waals surface area contributed by atoms with Crippen molar-refractivity contribution >= 4 is 28.3 Å². The molecule has 0 aromatic heterocycles. The molecule has 6 nitrogen and oxygen atoms in total. The summed E-state index contributed by atoms with van der Waals surface area (Å²) in [4.78, 5) is 25.1. The number of ether oxygens (including phenoxy) is 3. The largest absolute Gasteiger partial charge is 0.497 e. The Morgan fingerprint density at radius 3 is 2.30 bits per heavy atom. The van der Waals surface area contributed by atoms with Crippen molar-refractivity contribution in [3.05, 3.63) is 66.2 Å². The molecule has 0 radical (unpaired) electrons. The van der Waals surface area contributed by atoms with Gasteiger partial charge in [0.1, 0.15) is 11.5 Å². The van der Waals surface area contributed by atoms with Crippen molar-refractivity contribution in [3.63, 3.8) is 0 Å². The van der Waals surface area contributed by atoms with Gasteiger partial charge in [-0.1, -0.05) is 36.4 Å². The van der Waals surface area contributed by atoms with Crippen LogP contribution in [0.2, 0.25) is 0 Å². The predicted octanol–water partition coefficient (Wildman–Crippen LogP) is 4.53. The number of fused-ring (bicyclic) bond motifs is 1. The van der Waals surface area contributed by atoms with E-state index in [1.54, 1.807) is 45.2 Å². The van der Waals surface area contributed by atoms with Gasteiger partial charge in [0.2, 0.25) is 0 Å². The molecule has 1 N–H and O–H groups in total.